The van der Waals surface area contributed by atoms with E-state index in [-0.39, 0.29) is 17.0 Å². The molecule has 2 N–H and O–H groups in total. The fourth-order valence-corrected chi connectivity index (χ4v) is 4.32. The van der Waals surface area contributed by atoms with E-state index in [4.69, 9.17) is 0 Å². The van der Waals surface area contributed by atoms with E-state index in [0.29, 0.717) is 24.0 Å². The summed E-state index contributed by atoms with van der Waals surface area (Å²) in [7, 11) is 0. The van der Waals surface area contributed by atoms with Crippen molar-refractivity contribution in [1.82, 2.24) is 10.2 Å². The zero-order valence-corrected chi connectivity index (χ0v) is 19.8. The number of carbonyl (C=O) groups excluding carboxylic acids is 4. The van der Waals surface area contributed by atoms with Gasteiger partial charge < -0.3 is 10.6 Å². The Morgan fingerprint density at radius 3 is 2.31 bits per heavy atom. The number of nitrogens with zero attached hydrogens (tertiary/aromatic N) is 1. The van der Waals surface area contributed by atoms with Crippen LogP contribution in [0.4, 0.5) is 14.9 Å². The molecule has 4 rings (SSSR count). The lowest BCUT2D eigenvalue weighted by Gasteiger charge is -2.27. The summed E-state index contributed by atoms with van der Waals surface area (Å²) < 4.78 is 13.5. The Balaban J connectivity index is 1.54. The molecular weight excluding hydrogens is 461 g/mol. The molecule has 0 saturated carbocycles. The number of carbonyl (C=O) groups is 4. The van der Waals surface area contributed by atoms with Gasteiger partial charge in [0.1, 0.15) is 17.9 Å². The number of para-hydroxylation sites is 1. The molecule has 0 bridgehead atoms. The molecule has 1 fully saturated rings. The predicted octanol–water partition coefficient (Wildman–Crippen LogP) is 4.63. The van der Waals surface area contributed by atoms with Crippen molar-refractivity contribution in [3.8, 4) is 0 Å². The summed E-state index contributed by atoms with van der Waals surface area (Å²) in [6.45, 7) is 1.42. The molecule has 0 radical (unpaired) electrons. The molecule has 1 atom stereocenters. The van der Waals surface area contributed by atoms with Gasteiger partial charge in [0.15, 0.2) is 5.78 Å². The van der Waals surface area contributed by atoms with Gasteiger partial charge in [-0.15, -0.1) is 0 Å². The van der Waals surface area contributed by atoms with Gasteiger partial charge in [0.25, 0.3) is 5.91 Å². The predicted molar refractivity (Wildman–Crippen MR) is 133 cm³/mol. The summed E-state index contributed by atoms with van der Waals surface area (Å²) in [4.78, 5) is 53.1. The van der Waals surface area contributed by atoms with Crippen molar-refractivity contribution in [3.63, 3.8) is 0 Å². The van der Waals surface area contributed by atoms with Gasteiger partial charge in [-0.3, -0.25) is 19.3 Å². The topological polar surface area (TPSA) is 95.6 Å². The average molecular weight is 488 g/mol. The maximum atomic E-state index is 13.5. The second-order valence-corrected chi connectivity index (χ2v) is 8.63. The molecule has 1 heterocycles. The summed E-state index contributed by atoms with van der Waals surface area (Å²) in [6, 6.07) is 19.9. The van der Waals surface area contributed by atoms with Crippen LogP contribution in [0.5, 0.6) is 0 Å². The molecule has 0 spiro atoms. The van der Waals surface area contributed by atoms with Crippen molar-refractivity contribution < 1.29 is 23.6 Å². The van der Waals surface area contributed by atoms with Crippen molar-refractivity contribution in [2.24, 2.45) is 0 Å². The van der Waals surface area contributed by atoms with Gasteiger partial charge in [-0.05, 0) is 36.2 Å². The normalized spacial score (nSPS) is 17.1. The lowest BCUT2D eigenvalue weighted by atomic mass is 9.85. The van der Waals surface area contributed by atoms with Crippen LogP contribution in [-0.2, 0) is 15.1 Å². The number of halogens is 1. The highest BCUT2D eigenvalue weighted by atomic mass is 19.1. The molecule has 8 heteroatoms. The second kappa shape index (κ2) is 10.5. The number of anilines is 1. The number of hydrogen-bond donors (Lipinski definition) is 2. The molecule has 3 aromatic rings. The van der Waals surface area contributed by atoms with E-state index in [0.717, 1.165) is 11.3 Å². The average Bonchev–Trinajstić information content (AvgIpc) is 3.13. The maximum Gasteiger partial charge on any atom is 0.325 e. The Kier molecular flexibility index (Phi) is 7.24. The quantitative estimate of drug-likeness (QED) is 0.340. The molecular formula is C28H26FN3O4. The zero-order chi connectivity index (χ0) is 25.7. The molecule has 1 aliphatic heterocycles. The van der Waals surface area contributed by atoms with E-state index in [2.05, 4.69) is 10.6 Å². The van der Waals surface area contributed by atoms with Crippen LogP contribution in [0, 0.1) is 5.82 Å². The van der Waals surface area contributed by atoms with Gasteiger partial charge in [0, 0.05) is 11.1 Å². The van der Waals surface area contributed by atoms with Gasteiger partial charge in [0.05, 0.1) is 5.69 Å². The van der Waals surface area contributed by atoms with Crippen LogP contribution in [-0.4, -0.2) is 35.1 Å². The first-order valence-corrected chi connectivity index (χ1v) is 11.7. The van der Waals surface area contributed by atoms with Crippen LogP contribution < -0.4 is 10.6 Å². The van der Waals surface area contributed by atoms with E-state index in [9.17, 15) is 23.6 Å². The minimum Gasteiger partial charge on any atom is -0.324 e. The first kappa shape index (κ1) is 24.8. The lowest BCUT2D eigenvalue weighted by Crippen LogP contribution is -2.44. The first-order valence-electron chi connectivity index (χ1n) is 11.7. The number of unbranched alkanes of at least 4 members (excludes halogenated alkanes) is 1. The minimum atomic E-state index is -1.37. The Morgan fingerprint density at radius 1 is 0.944 bits per heavy atom. The fourth-order valence-electron chi connectivity index (χ4n) is 4.32. The Hall–Kier alpha value is -4.33. The van der Waals surface area contributed by atoms with Gasteiger partial charge >= 0.3 is 6.03 Å². The van der Waals surface area contributed by atoms with E-state index < -0.39 is 35.7 Å². The minimum absolute atomic E-state index is 0.267. The van der Waals surface area contributed by atoms with Crippen LogP contribution >= 0.6 is 0 Å². The van der Waals surface area contributed by atoms with Crippen LogP contribution in [0.15, 0.2) is 78.9 Å². The van der Waals surface area contributed by atoms with E-state index in [1.165, 1.54) is 24.3 Å². The Bertz CT molecular complexity index is 1290. The van der Waals surface area contributed by atoms with Crippen molar-refractivity contribution in [2.45, 2.75) is 31.7 Å². The second-order valence-electron chi connectivity index (χ2n) is 8.63. The van der Waals surface area contributed by atoms with E-state index in [1.54, 1.807) is 54.6 Å². The van der Waals surface area contributed by atoms with E-state index >= 15 is 0 Å². The molecule has 184 valence electrons. The number of imide groups is 1. The Labute approximate surface area is 208 Å². The number of rotatable bonds is 9. The molecule has 1 aliphatic rings. The third kappa shape index (κ3) is 4.88. The number of benzene rings is 3. The molecule has 3 aromatic carbocycles. The molecule has 7 nitrogen and oxygen atoms in total. The summed E-state index contributed by atoms with van der Waals surface area (Å²) in [5.74, 6) is -1.92. The summed E-state index contributed by atoms with van der Waals surface area (Å²) in [5, 5.41) is 5.40. The highest BCUT2D eigenvalue weighted by molar-refractivity contribution is 6.15. The number of hydrogen-bond acceptors (Lipinski definition) is 4. The summed E-state index contributed by atoms with van der Waals surface area (Å²) in [6.07, 6.45) is 1.73. The van der Waals surface area contributed by atoms with Gasteiger partial charge in [-0.25, -0.2) is 9.18 Å². The van der Waals surface area contributed by atoms with Crippen molar-refractivity contribution in [1.29, 1.82) is 0 Å². The monoisotopic (exact) mass is 487 g/mol. The molecule has 4 amide bonds. The smallest absolute Gasteiger partial charge is 0.324 e. The standard InChI is InChI=1S/C28H26FN3O4/c1-2-3-17-28(20-13-15-21(29)16-14-20)26(35)32(27(36)31-28)18-24(33)30-23-12-8-7-11-22(23)25(34)19-9-5-4-6-10-19/h4-16H,2-3,17-18H2,1H3,(H,30,33)(H,31,36). The van der Waals surface area contributed by atoms with E-state index in [1.807, 2.05) is 6.92 Å². The largest absolute Gasteiger partial charge is 0.325 e. The maximum absolute atomic E-state index is 13.5. The van der Waals surface area contributed by atoms with Crippen molar-refractivity contribution in [2.75, 3.05) is 11.9 Å². The molecule has 1 unspecified atom stereocenters. The summed E-state index contributed by atoms with van der Waals surface area (Å²) in [5.41, 5.74) is 0.116. The number of amides is 4. The Morgan fingerprint density at radius 2 is 1.61 bits per heavy atom. The number of urea groups is 1. The molecule has 36 heavy (non-hydrogen) atoms. The van der Waals surface area contributed by atoms with Crippen molar-refractivity contribution in [3.05, 3.63) is 101 Å². The fraction of sp³-hybridized carbons (Fsp3) is 0.214. The van der Waals surface area contributed by atoms with Gasteiger partial charge in [0.2, 0.25) is 5.91 Å². The van der Waals surface area contributed by atoms with Crippen LogP contribution in [0.2, 0.25) is 0 Å². The highest BCUT2D eigenvalue weighted by Gasteiger charge is 2.52. The van der Waals surface area contributed by atoms with Gasteiger partial charge in [-0.2, -0.15) is 0 Å². The highest BCUT2D eigenvalue weighted by Crippen LogP contribution is 2.34. The van der Waals surface area contributed by atoms with Gasteiger partial charge in [-0.1, -0.05) is 74.4 Å². The van der Waals surface area contributed by atoms with Crippen LogP contribution in [0.1, 0.15) is 47.7 Å². The first-order chi connectivity index (χ1) is 17.4. The molecule has 0 aliphatic carbocycles. The zero-order valence-electron chi connectivity index (χ0n) is 19.8. The molecule has 0 aromatic heterocycles. The summed E-state index contributed by atoms with van der Waals surface area (Å²) >= 11 is 0. The van der Waals surface area contributed by atoms with Crippen LogP contribution in [0.3, 0.4) is 0 Å². The molecule has 1 saturated heterocycles. The third-order valence-electron chi connectivity index (χ3n) is 6.20. The number of nitrogens with one attached hydrogen (secondary N) is 2. The number of ketones is 1. The lowest BCUT2D eigenvalue weighted by molar-refractivity contribution is -0.134. The van der Waals surface area contributed by atoms with Crippen molar-refractivity contribution >= 4 is 29.3 Å². The van der Waals surface area contributed by atoms with Crippen LogP contribution in [0.25, 0.3) is 0 Å². The SMILES string of the molecule is CCCCC1(c2ccc(F)cc2)NC(=O)N(CC(=O)Nc2ccccc2C(=O)c2ccccc2)C1=O. The third-order valence-corrected chi connectivity index (χ3v) is 6.20.